The van der Waals surface area contributed by atoms with Crippen molar-refractivity contribution in [1.82, 2.24) is 4.57 Å². The van der Waals surface area contributed by atoms with Gasteiger partial charge in [-0.2, -0.15) is 0 Å². The normalized spacial score (nSPS) is 14.0. The van der Waals surface area contributed by atoms with E-state index in [-0.39, 0.29) is 10.6 Å². The van der Waals surface area contributed by atoms with Crippen molar-refractivity contribution in [3.63, 3.8) is 0 Å². The van der Waals surface area contributed by atoms with Crippen LogP contribution in [0.5, 0.6) is 0 Å². The molecular formula is C19H22N2O5S. The topological polar surface area (TPSA) is 94.5 Å². The molecule has 1 aromatic heterocycles. The van der Waals surface area contributed by atoms with Gasteiger partial charge < -0.3 is 14.6 Å². The highest BCUT2D eigenvalue weighted by Crippen LogP contribution is 2.38. The summed E-state index contributed by atoms with van der Waals surface area (Å²) < 4.78 is 30.8. The van der Waals surface area contributed by atoms with Gasteiger partial charge >= 0.3 is 5.97 Å². The molecule has 1 saturated carbocycles. The van der Waals surface area contributed by atoms with E-state index in [0.717, 1.165) is 30.5 Å². The van der Waals surface area contributed by atoms with Gasteiger partial charge in [0.1, 0.15) is 0 Å². The number of amides is 1. The highest BCUT2D eigenvalue weighted by atomic mass is 32.2. The SMILES string of the molecule is Cc1cc(C(=O)OCC(=O)Nc2ccccc2S(C)(=O)=O)c(C)n1C1CC1. The van der Waals surface area contributed by atoms with Gasteiger partial charge in [-0.1, -0.05) is 12.1 Å². The van der Waals surface area contributed by atoms with E-state index in [9.17, 15) is 18.0 Å². The third-order valence-corrected chi connectivity index (χ3v) is 5.67. The number of para-hydroxylation sites is 1. The Bertz CT molecular complexity index is 1000. The monoisotopic (exact) mass is 390 g/mol. The van der Waals surface area contributed by atoms with Gasteiger partial charge in [-0.15, -0.1) is 0 Å². The largest absolute Gasteiger partial charge is 0.452 e. The number of rotatable bonds is 6. The lowest BCUT2D eigenvalue weighted by Crippen LogP contribution is -2.22. The number of anilines is 1. The van der Waals surface area contributed by atoms with Crippen LogP contribution in [0, 0.1) is 13.8 Å². The first kappa shape index (κ1) is 19.2. The molecule has 1 aromatic carbocycles. The van der Waals surface area contributed by atoms with Crippen molar-refractivity contribution < 1.29 is 22.7 Å². The summed E-state index contributed by atoms with van der Waals surface area (Å²) in [6.07, 6.45) is 3.27. The maximum atomic E-state index is 12.3. The van der Waals surface area contributed by atoms with Crippen LogP contribution in [0.1, 0.15) is 40.6 Å². The molecule has 1 N–H and O–H groups in total. The Morgan fingerprint density at radius 1 is 1.22 bits per heavy atom. The summed E-state index contributed by atoms with van der Waals surface area (Å²) in [6.45, 7) is 3.31. The maximum absolute atomic E-state index is 12.3. The van der Waals surface area contributed by atoms with Crippen molar-refractivity contribution >= 4 is 27.4 Å². The van der Waals surface area contributed by atoms with E-state index in [0.29, 0.717) is 11.6 Å². The molecule has 144 valence electrons. The fourth-order valence-electron chi connectivity index (χ4n) is 3.17. The lowest BCUT2D eigenvalue weighted by Gasteiger charge is -2.10. The summed E-state index contributed by atoms with van der Waals surface area (Å²) in [4.78, 5) is 24.5. The summed E-state index contributed by atoms with van der Waals surface area (Å²) in [6, 6.07) is 8.29. The summed E-state index contributed by atoms with van der Waals surface area (Å²) in [5.74, 6) is -1.17. The van der Waals surface area contributed by atoms with Crippen LogP contribution in [0.2, 0.25) is 0 Å². The molecular weight excluding hydrogens is 368 g/mol. The number of benzene rings is 1. The van der Waals surface area contributed by atoms with Gasteiger partial charge in [0.05, 0.1) is 16.1 Å². The zero-order valence-corrected chi connectivity index (χ0v) is 16.3. The van der Waals surface area contributed by atoms with Crippen LogP contribution in [-0.2, 0) is 19.4 Å². The predicted molar refractivity (Wildman–Crippen MR) is 101 cm³/mol. The minimum absolute atomic E-state index is 0.0117. The highest BCUT2D eigenvalue weighted by Gasteiger charge is 2.29. The number of aryl methyl sites for hydroxylation is 1. The Kier molecular flexibility index (Phi) is 5.10. The van der Waals surface area contributed by atoms with Crippen molar-refractivity contribution in [3.8, 4) is 0 Å². The first-order chi connectivity index (χ1) is 12.7. The number of nitrogens with zero attached hydrogens (tertiary/aromatic N) is 1. The van der Waals surface area contributed by atoms with Gasteiger partial charge in [-0.25, -0.2) is 13.2 Å². The molecule has 8 heteroatoms. The lowest BCUT2D eigenvalue weighted by atomic mass is 10.2. The third-order valence-electron chi connectivity index (χ3n) is 4.51. The van der Waals surface area contributed by atoms with Gasteiger partial charge in [-0.3, -0.25) is 4.79 Å². The predicted octanol–water partition coefficient (Wildman–Crippen LogP) is 2.64. The van der Waals surface area contributed by atoms with Crippen LogP contribution in [0.3, 0.4) is 0 Å². The van der Waals surface area contributed by atoms with Gasteiger partial charge in [0.15, 0.2) is 16.4 Å². The van der Waals surface area contributed by atoms with Gasteiger partial charge in [0.2, 0.25) is 0 Å². The molecule has 1 heterocycles. The Labute approximate surface area is 158 Å². The quantitative estimate of drug-likeness (QED) is 0.765. The molecule has 0 radical (unpaired) electrons. The molecule has 0 aliphatic heterocycles. The van der Waals surface area contributed by atoms with E-state index in [1.165, 1.54) is 12.1 Å². The first-order valence-corrected chi connectivity index (χ1v) is 10.5. The Hall–Kier alpha value is -2.61. The Balaban J connectivity index is 1.65. The summed E-state index contributed by atoms with van der Waals surface area (Å²) in [7, 11) is -3.49. The standard InChI is InChI=1S/C19H22N2O5S/c1-12-10-15(13(2)21(12)14-8-9-14)19(23)26-11-18(22)20-16-6-4-5-7-17(16)27(3,24)25/h4-7,10,14H,8-9,11H2,1-3H3,(H,20,22). The molecule has 1 aliphatic carbocycles. The second-order valence-corrected chi connectivity index (χ2v) is 8.76. The first-order valence-electron chi connectivity index (χ1n) is 8.63. The van der Waals surface area contributed by atoms with E-state index < -0.39 is 28.3 Å². The number of sulfone groups is 1. The fraction of sp³-hybridized carbons (Fsp3) is 0.368. The second-order valence-electron chi connectivity index (χ2n) is 6.78. The fourth-order valence-corrected chi connectivity index (χ4v) is 4.01. The van der Waals surface area contributed by atoms with Crippen LogP contribution < -0.4 is 5.32 Å². The molecule has 0 unspecified atom stereocenters. The number of carbonyl (C=O) groups is 2. The summed E-state index contributed by atoms with van der Waals surface area (Å²) in [5, 5.41) is 2.48. The van der Waals surface area contributed by atoms with Gasteiger partial charge in [-0.05, 0) is 44.9 Å². The summed E-state index contributed by atoms with van der Waals surface area (Å²) >= 11 is 0. The minimum Gasteiger partial charge on any atom is -0.452 e. The zero-order chi connectivity index (χ0) is 19.8. The van der Waals surface area contributed by atoms with Crippen LogP contribution in [0.15, 0.2) is 35.2 Å². The van der Waals surface area contributed by atoms with Crippen molar-refractivity contribution in [2.45, 2.75) is 37.6 Å². The van der Waals surface area contributed by atoms with Crippen molar-refractivity contribution in [2.24, 2.45) is 0 Å². The van der Waals surface area contributed by atoms with Crippen molar-refractivity contribution in [3.05, 3.63) is 47.3 Å². The smallest absolute Gasteiger partial charge is 0.340 e. The van der Waals surface area contributed by atoms with Crippen LogP contribution in [0.4, 0.5) is 5.69 Å². The number of hydrogen-bond acceptors (Lipinski definition) is 5. The number of hydrogen-bond donors (Lipinski definition) is 1. The van der Waals surface area contributed by atoms with Gasteiger partial charge in [0.25, 0.3) is 5.91 Å². The average Bonchev–Trinajstić information content (AvgIpc) is 3.37. The van der Waals surface area contributed by atoms with E-state index in [4.69, 9.17) is 4.74 Å². The molecule has 0 atom stereocenters. The van der Waals surface area contributed by atoms with E-state index in [2.05, 4.69) is 9.88 Å². The third kappa shape index (κ3) is 4.21. The molecule has 1 aliphatic rings. The molecule has 1 amide bonds. The minimum atomic E-state index is -3.49. The lowest BCUT2D eigenvalue weighted by molar-refractivity contribution is -0.119. The van der Waals surface area contributed by atoms with Crippen molar-refractivity contribution in [1.29, 1.82) is 0 Å². The molecule has 2 aromatic rings. The van der Waals surface area contributed by atoms with Gasteiger partial charge in [0, 0.05) is 23.7 Å². The number of ether oxygens (including phenoxy) is 1. The van der Waals surface area contributed by atoms with E-state index in [1.807, 2.05) is 13.8 Å². The Morgan fingerprint density at radius 2 is 1.89 bits per heavy atom. The van der Waals surface area contributed by atoms with Crippen LogP contribution in [-0.4, -0.2) is 37.7 Å². The van der Waals surface area contributed by atoms with E-state index >= 15 is 0 Å². The summed E-state index contributed by atoms with van der Waals surface area (Å²) in [5.41, 5.74) is 2.44. The van der Waals surface area contributed by atoms with E-state index in [1.54, 1.807) is 18.2 Å². The molecule has 0 bridgehead atoms. The molecule has 1 fully saturated rings. The van der Waals surface area contributed by atoms with Crippen molar-refractivity contribution in [2.75, 3.05) is 18.2 Å². The second kappa shape index (κ2) is 7.19. The number of esters is 1. The highest BCUT2D eigenvalue weighted by molar-refractivity contribution is 7.90. The maximum Gasteiger partial charge on any atom is 0.340 e. The van der Waals surface area contributed by atoms with Crippen LogP contribution in [0.25, 0.3) is 0 Å². The molecule has 0 spiro atoms. The molecule has 7 nitrogen and oxygen atoms in total. The van der Waals surface area contributed by atoms with Crippen LogP contribution >= 0.6 is 0 Å². The number of carbonyl (C=O) groups excluding carboxylic acids is 2. The number of aromatic nitrogens is 1. The molecule has 0 saturated heterocycles. The number of nitrogens with one attached hydrogen (secondary N) is 1. The Morgan fingerprint density at radius 3 is 2.52 bits per heavy atom. The molecule has 3 rings (SSSR count). The molecule has 27 heavy (non-hydrogen) atoms. The zero-order valence-electron chi connectivity index (χ0n) is 15.5. The average molecular weight is 390 g/mol.